The first-order chi connectivity index (χ1) is 14.3. The molecule has 1 aliphatic heterocycles. The molecular formula is C20H27F3IN5OS. The van der Waals surface area contributed by atoms with Gasteiger partial charge in [-0.05, 0) is 18.1 Å². The zero-order valence-corrected chi connectivity index (χ0v) is 20.6. The van der Waals surface area contributed by atoms with E-state index in [1.54, 1.807) is 7.05 Å². The first kappa shape index (κ1) is 25.8. The van der Waals surface area contributed by atoms with Crippen LogP contribution in [0.3, 0.4) is 0 Å². The van der Waals surface area contributed by atoms with Gasteiger partial charge in [-0.3, -0.25) is 9.89 Å². The van der Waals surface area contributed by atoms with E-state index in [0.717, 1.165) is 48.5 Å². The quantitative estimate of drug-likeness (QED) is 0.315. The summed E-state index contributed by atoms with van der Waals surface area (Å²) in [5.74, 6) is 0.506. The summed E-state index contributed by atoms with van der Waals surface area (Å²) in [5.41, 5.74) is 1.47. The standard InChI is InChI=1S/C20H26F3N5OS.HI/c1-14-11-28(6-7-29-14)12-16-5-3-4-15(8-16)9-25-19(24-2)26-10-18-27-17(13-30-18)20(21,22)23;/h3-5,8,13-14H,6-7,9-12H2,1-2H3,(H2,24,25,26);1H. The van der Waals surface area contributed by atoms with E-state index in [1.807, 2.05) is 12.1 Å². The number of hydrogen-bond donors (Lipinski definition) is 2. The Morgan fingerprint density at radius 1 is 1.29 bits per heavy atom. The molecule has 0 aliphatic carbocycles. The van der Waals surface area contributed by atoms with Crippen molar-refractivity contribution >= 4 is 41.3 Å². The van der Waals surface area contributed by atoms with Crippen LogP contribution in [0.25, 0.3) is 0 Å². The number of halogens is 4. The summed E-state index contributed by atoms with van der Waals surface area (Å²) in [5, 5.41) is 7.57. The molecule has 1 aliphatic rings. The van der Waals surface area contributed by atoms with Crippen molar-refractivity contribution in [1.29, 1.82) is 0 Å². The van der Waals surface area contributed by atoms with Crippen LogP contribution in [-0.4, -0.2) is 48.7 Å². The third-order valence-corrected chi connectivity index (χ3v) is 5.50. The summed E-state index contributed by atoms with van der Waals surface area (Å²) in [6.45, 7) is 6.30. The Balaban J connectivity index is 0.00000341. The Kier molecular flexibility index (Phi) is 9.97. The Morgan fingerprint density at radius 2 is 2.03 bits per heavy atom. The molecule has 6 nitrogen and oxygen atoms in total. The number of guanidine groups is 1. The number of hydrogen-bond acceptors (Lipinski definition) is 5. The molecule has 1 aromatic carbocycles. The number of aromatic nitrogens is 1. The van der Waals surface area contributed by atoms with E-state index in [9.17, 15) is 13.2 Å². The molecule has 2 aromatic rings. The van der Waals surface area contributed by atoms with Crippen LogP contribution in [-0.2, 0) is 30.5 Å². The van der Waals surface area contributed by atoms with Gasteiger partial charge in [0.05, 0.1) is 19.3 Å². The maximum absolute atomic E-state index is 12.7. The first-order valence-corrected chi connectivity index (χ1v) is 10.6. The van der Waals surface area contributed by atoms with Crippen LogP contribution >= 0.6 is 35.3 Å². The zero-order chi connectivity index (χ0) is 21.6. The molecule has 2 heterocycles. The second-order valence-corrected chi connectivity index (χ2v) is 8.08. The molecule has 0 spiro atoms. The van der Waals surface area contributed by atoms with Crippen molar-refractivity contribution in [1.82, 2.24) is 20.5 Å². The van der Waals surface area contributed by atoms with Gasteiger partial charge in [0, 0.05) is 38.6 Å². The number of aliphatic imine (C=N–C) groups is 1. The van der Waals surface area contributed by atoms with E-state index in [2.05, 4.69) is 44.6 Å². The largest absolute Gasteiger partial charge is 0.434 e. The minimum atomic E-state index is -4.42. The number of morpholine rings is 1. The number of ether oxygens (including phenoxy) is 1. The van der Waals surface area contributed by atoms with Crippen molar-refractivity contribution in [3.8, 4) is 0 Å². The van der Waals surface area contributed by atoms with Crippen molar-refractivity contribution in [3.05, 3.63) is 51.5 Å². The predicted octanol–water partition coefficient (Wildman–Crippen LogP) is 3.87. The SMILES string of the molecule is CN=C(NCc1cccc(CN2CCOC(C)C2)c1)NCc1nc(C(F)(F)F)cs1.I. The van der Waals surface area contributed by atoms with Crippen LogP contribution in [0, 0.1) is 0 Å². The first-order valence-electron chi connectivity index (χ1n) is 9.71. The van der Waals surface area contributed by atoms with Gasteiger partial charge in [0.15, 0.2) is 11.7 Å². The van der Waals surface area contributed by atoms with Gasteiger partial charge in [-0.15, -0.1) is 35.3 Å². The lowest BCUT2D eigenvalue weighted by atomic mass is 10.1. The lowest BCUT2D eigenvalue weighted by molar-refractivity contribution is -0.140. The molecule has 0 radical (unpaired) electrons. The van der Waals surface area contributed by atoms with E-state index in [1.165, 1.54) is 5.56 Å². The summed E-state index contributed by atoms with van der Waals surface area (Å²) < 4.78 is 43.5. The molecule has 0 bridgehead atoms. The molecule has 2 N–H and O–H groups in total. The summed E-state index contributed by atoms with van der Waals surface area (Å²) in [6.07, 6.45) is -4.16. The van der Waals surface area contributed by atoms with Crippen LogP contribution in [0.5, 0.6) is 0 Å². The second-order valence-electron chi connectivity index (χ2n) is 7.14. The van der Waals surface area contributed by atoms with Gasteiger partial charge in [0.25, 0.3) is 0 Å². The van der Waals surface area contributed by atoms with Crippen LogP contribution in [0.15, 0.2) is 34.6 Å². The Bertz CT molecular complexity index is 861. The fourth-order valence-corrected chi connectivity index (χ4v) is 3.96. The highest BCUT2D eigenvalue weighted by molar-refractivity contribution is 14.0. The fraction of sp³-hybridized carbons (Fsp3) is 0.500. The Hall–Kier alpha value is -1.44. The number of thiazole rings is 1. The molecule has 1 saturated heterocycles. The van der Waals surface area contributed by atoms with Crippen LogP contribution in [0.4, 0.5) is 13.2 Å². The molecule has 3 rings (SSSR count). The highest BCUT2D eigenvalue weighted by Crippen LogP contribution is 2.29. The van der Waals surface area contributed by atoms with Gasteiger partial charge in [-0.2, -0.15) is 13.2 Å². The van der Waals surface area contributed by atoms with E-state index in [0.29, 0.717) is 17.5 Å². The zero-order valence-electron chi connectivity index (χ0n) is 17.4. The minimum Gasteiger partial charge on any atom is -0.376 e. The normalized spacial score (nSPS) is 17.8. The number of benzene rings is 1. The van der Waals surface area contributed by atoms with Crippen LogP contribution < -0.4 is 10.6 Å². The van der Waals surface area contributed by atoms with Gasteiger partial charge in [0.1, 0.15) is 5.01 Å². The lowest BCUT2D eigenvalue weighted by Gasteiger charge is -2.31. The predicted molar refractivity (Wildman–Crippen MR) is 127 cm³/mol. The van der Waals surface area contributed by atoms with E-state index >= 15 is 0 Å². The summed E-state index contributed by atoms with van der Waals surface area (Å²) >= 11 is 0.972. The Morgan fingerprint density at radius 3 is 2.71 bits per heavy atom. The van der Waals surface area contributed by atoms with Gasteiger partial charge < -0.3 is 15.4 Å². The second kappa shape index (κ2) is 12.0. The number of rotatable bonds is 6. The van der Waals surface area contributed by atoms with Gasteiger partial charge in [-0.25, -0.2) is 4.98 Å². The van der Waals surface area contributed by atoms with Gasteiger partial charge >= 0.3 is 6.18 Å². The molecule has 1 atom stereocenters. The molecule has 172 valence electrons. The number of alkyl halides is 3. The van der Waals surface area contributed by atoms with E-state index < -0.39 is 11.9 Å². The van der Waals surface area contributed by atoms with Crippen LogP contribution in [0.2, 0.25) is 0 Å². The highest BCUT2D eigenvalue weighted by atomic mass is 127. The van der Waals surface area contributed by atoms with E-state index in [4.69, 9.17) is 4.74 Å². The van der Waals surface area contributed by atoms with Crippen LogP contribution in [0.1, 0.15) is 28.8 Å². The maximum atomic E-state index is 12.7. The molecule has 1 unspecified atom stereocenters. The molecule has 11 heteroatoms. The third kappa shape index (κ3) is 8.20. The fourth-order valence-electron chi connectivity index (χ4n) is 3.22. The lowest BCUT2D eigenvalue weighted by Crippen LogP contribution is -2.40. The van der Waals surface area contributed by atoms with Crippen molar-refractivity contribution in [2.75, 3.05) is 26.7 Å². The molecule has 0 saturated carbocycles. The number of nitrogens with one attached hydrogen (secondary N) is 2. The van der Waals surface area contributed by atoms with Gasteiger partial charge in [0.2, 0.25) is 0 Å². The number of nitrogens with zero attached hydrogens (tertiary/aromatic N) is 3. The smallest absolute Gasteiger partial charge is 0.376 e. The average molecular weight is 569 g/mol. The third-order valence-electron chi connectivity index (χ3n) is 4.66. The Labute approximate surface area is 201 Å². The summed E-state index contributed by atoms with van der Waals surface area (Å²) in [7, 11) is 1.62. The molecular weight excluding hydrogens is 542 g/mol. The topological polar surface area (TPSA) is 61.8 Å². The van der Waals surface area contributed by atoms with Gasteiger partial charge in [-0.1, -0.05) is 24.3 Å². The molecule has 1 aromatic heterocycles. The van der Waals surface area contributed by atoms with Crippen molar-refractivity contribution in [2.24, 2.45) is 4.99 Å². The average Bonchev–Trinajstić information content (AvgIpc) is 3.18. The minimum absolute atomic E-state index is 0. The van der Waals surface area contributed by atoms with Crippen molar-refractivity contribution in [2.45, 2.75) is 38.8 Å². The summed E-state index contributed by atoms with van der Waals surface area (Å²) in [4.78, 5) is 10.1. The van der Waals surface area contributed by atoms with E-state index in [-0.39, 0.29) is 36.6 Å². The van der Waals surface area contributed by atoms with Crippen molar-refractivity contribution < 1.29 is 17.9 Å². The maximum Gasteiger partial charge on any atom is 0.434 e. The van der Waals surface area contributed by atoms with Crippen molar-refractivity contribution in [3.63, 3.8) is 0 Å². The monoisotopic (exact) mass is 569 g/mol. The molecule has 31 heavy (non-hydrogen) atoms. The highest BCUT2D eigenvalue weighted by Gasteiger charge is 2.33. The summed E-state index contributed by atoms with van der Waals surface area (Å²) in [6, 6.07) is 8.32. The molecule has 0 amide bonds. The molecule has 1 fully saturated rings.